The Morgan fingerprint density at radius 1 is 0.365 bits per heavy atom. The number of nitrogens with zero attached hydrogens (tertiary/aromatic N) is 4. The first-order chi connectivity index (χ1) is 49.5. The second-order valence-electron chi connectivity index (χ2n) is 28.1. The number of quaternary nitrogens is 4. The van der Waals surface area contributed by atoms with Gasteiger partial charge >= 0.3 is 12.4 Å². The molecule has 0 aliphatic carbocycles. The van der Waals surface area contributed by atoms with Gasteiger partial charge in [-0.2, -0.15) is 26.3 Å². The van der Waals surface area contributed by atoms with Crippen molar-refractivity contribution in [3.05, 3.63) is 216 Å². The third-order valence-corrected chi connectivity index (χ3v) is 23.8. The molecule has 4 aliphatic rings. The number of methoxy groups -OCH3 is 1. The molecule has 0 radical (unpaired) electrons. The molecule has 552 valence electrons. The maximum absolute atomic E-state index is 14.8. The van der Waals surface area contributed by atoms with Crippen molar-refractivity contribution in [2.45, 2.75) is 63.5 Å². The average molecular weight is 1480 g/mol. The monoisotopic (exact) mass is 1480 g/mol. The van der Waals surface area contributed by atoms with E-state index in [0.717, 1.165) is 93.8 Å². The van der Waals surface area contributed by atoms with Crippen molar-refractivity contribution in [2.24, 2.45) is 0 Å². The van der Waals surface area contributed by atoms with Gasteiger partial charge in [0.25, 0.3) is 0 Å². The minimum Gasteiger partial charge on any atom is -0.497 e. The summed E-state index contributed by atoms with van der Waals surface area (Å²) in [4.78, 5) is -0.0639. The molecule has 0 N–H and O–H groups in total. The number of benzene rings is 8. The van der Waals surface area contributed by atoms with Crippen molar-refractivity contribution < 1.29 is 108 Å². The number of morpholine rings is 4. The first-order valence-electron chi connectivity index (χ1n) is 34.3. The van der Waals surface area contributed by atoms with Crippen LogP contribution in [0, 0.1) is 0 Å². The largest absolute Gasteiger partial charge is 0.497 e. The van der Waals surface area contributed by atoms with Crippen molar-refractivity contribution in [2.75, 3.05) is 141 Å². The van der Waals surface area contributed by atoms with Crippen LogP contribution < -0.4 is 28.4 Å². The number of ether oxygens (including phenoxy) is 10. The average Bonchev–Trinajstić information content (AvgIpc) is 0.717. The van der Waals surface area contributed by atoms with E-state index in [0.29, 0.717) is 167 Å². The minimum absolute atomic E-state index is 0.0560. The van der Waals surface area contributed by atoms with E-state index in [1.165, 1.54) is 61.9 Å². The van der Waals surface area contributed by atoms with Crippen LogP contribution in [-0.2, 0) is 70.2 Å². The number of alkyl halides is 6. The number of likely N-dealkylation sites (N-methyl/N-ethyl adjacent to an activating group) is 4. The predicted molar refractivity (Wildman–Crippen MR) is 375 cm³/mol. The Kier molecular flexibility index (Phi) is 22.0. The Hall–Kier alpha value is -8.54. The Labute approximate surface area is 602 Å². The maximum atomic E-state index is 14.8. The summed E-state index contributed by atoms with van der Waals surface area (Å²) in [6.45, 7) is 17.2. The van der Waals surface area contributed by atoms with Crippen LogP contribution in [0.3, 0.4) is 0 Å². The highest BCUT2D eigenvalue weighted by atomic mass is 32.2. The highest BCUT2D eigenvalue weighted by molar-refractivity contribution is 7.91. The summed E-state index contributed by atoms with van der Waals surface area (Å²) >= 11 is 0. The highest BCUT2D eigenvalue weighted by Crippen LogP contribution is 2.57. The van der Waals surface area contributed by atoms with E-state index in [1.54, 1.807) is 48.5 Å². The van der Waals surface area contributed by atoms with Gasteiger partial charge in [0.05, 0.1) is 136 Å². The Bertz CT molecular complexity index is 4530. The van der Waals surface area contributed by atoms with Crippen LogP contribution in [0.2, 0.25) is 0 Å². The number of rotatable bonds is 25. The van der Waals surface area contributed by atoms with Crippen LogP contribution in [0.15, 0.2) is 202 Å². The van der Waals surface area contributed by atoms with E-state index < -0.39 is 48.6 Å². The Morgan fingerprint density at radius 3 is 0.846 bits per heavy atom. The molecule has 0 unspecified atom stereocenters. The van der Waals surface area contributed by atoms with Crippen LogP contribution in [0.4, 0.5) is 26.3 Å². The van der Waals surface area contributed by atoms with E-state index in [4.69, 9.17) is 47.4 Å². The summed E-state index contributed by atoms with van der Waals surface area (Å²) in [6, 6.07) is 38.8. The standard InChI is InChI=1S/C78H86F6N4O14S2/c1-7-98-72-48-57(53-86(3)34-42-95-43-35-86)73(49-56(72)52-85(2)32-40-94-41-33-85)100-65-18-26-70(27-19-65)104(91,92)71-30-22-67(23-31-71)102-75-51-58(54-87(4)36-44-96-45-37-87)74(50-59(75)55-88(5)38-46-97-47-39-88)101-66-20-28-69(29-21-66)103(89,90)68-24-16-64(17-25-68)99-63-14-10-61(11-15-63)76(77(79,80)81,78(82,83)84)60-8-12-62(93-6)13-9-60/h7-31,48-51H,1,32-47,52-55H2,2-6H3/q+4. The lowest BCUT2D eigenvalue weighted by molar-refractivity contribution is -0.929. The van der Waals surface area contributed by atoms with E-state index in [1.807, 2.05) is 24.3 Å². The molecule has 18 nitrogen and oxygen atoms in total. The van der Waals surface area contributed by atoms with Gasteiger partial charge in [-0.15, -0.1) is 0 Å². The van der Waals surface area contributed by atoms with Crippen LogP contribution in [0.25, 0.3) is 0 Å². The zero-order chi connectivity index (χ0) is 73.8. The van der Waals surface area contributed by atoms with E-state index in [2.05, 4.69) is 34.8 Å². The fraction of sp³-hybridized carbons (Fsp3) is 0.359. The van der Waals surface area contributed by atoms with Gasteiger partial charge in [-0.25, -0.2) is 16.8 Å². The van der Waals surface area contributed by atoms with E-state index in [9.17, 15) is 43.2 Å². The van der Waals surface area contributed by atoms with Gasteiger partial charge in [-0.05, 0) is 157 Å². The third kappa shape index (κ3) is 16.7. The van der Waals surface area contributed by atoms with E-state index >= 15 is 0 Å². The summed E-state index contributed by atoms with van der Waals surface area (Å²) in [7, 11) is 1.71. The molecule has 0 spiro atoms. The number of hydrogen-bond donors (Lipinski definition) is 0. The topological polar surface area (TPSA) is 161 Å². The molecule has 4 aliphatic heterocycles. The zero-order valence-corrected chi connectivity index (χ0v) is 60.3. The molecule has 0 aromatic heterocycles. The van der Waals surface area contributed by atoms with Gasteiger partial charge in [-0.3, -0.25) is 0 Å². The molecule has 4 heterocycles. The van der Waals surface area contributed by atoms with Crippen molar-refractivity contribution >= 4 is 19.7 Å². The lowest BCUT2D eigenvalue weighted by atomic mass is 9.73. The van der Waals surface area contributed by atoms with Crippen LogP contribution >= 0.6 is 0 Å². The second-order valence-corrected chi connectivity index (χ2v) is 32.0. The third-order valence-electron chi connectivity index (χ3n) is 20.2. The molecule has 8 aromatic carbocycles. The van der Waals surface area contributed by atoms with E-state index in [-0.39, 0.29) is 36.8 Å². The lowest BCUT2D eigenvalue weighted by Crippen LogP contribution is -2.54. The molecule has 0 bridgehead atoms. The van der Waals surface area contributed by atoms with Gasteiger partial charge in [0.1, 0.15) is 136 Å². The molecule has 0 saturated carbocycles. The summed E-state index contributed by atoms with van der Waals surface area (Å²) in [5.41, 5.74) is -3.07. The SMILES string of the molecule is C=COc1cc(C[N+]2(C)CCOCC2)c(Oc2ccc(S(=O)(=O)c3ccc(Oc4cc(C[N+]5(C)CCOCC5)c(Oc5ccc(S(=O)(=O)c6ccc(Oc7ccc(C(c8ccc(OC)cc8)(C(F)(F)F)C(F)(F)F)cc7)cc6)cc5)cc4C[N+]4(C)CCOCC4)cc3)cc2)cc1C[N+]1(C)CCOCC1. The number of hydrogen-bond acceptors (Lipinski definition) is 14. The molecule has 0 atom stereocenters. The molecule has 26 heteroatoms. The maximum Gasteiger partial charge on any atom is 0.411 e. The second kappa shape index (κ2) is 30.5. The quantitative estimate of drug-likeness (QED) is 0.0302. The normalized spacial score (nSPS) is 17.6. The molecule has 4 saturated heterocycles. The molecule has 104 heavy (non-hydrogen) atoms. The van der Waals surface area contributed by atoms with Gasteiger partial charge in [-0.1, -0.05) is 30.8 Å². The smallest absolute Gasteiger partial charge is 0.411 e. The lowest BCUT2D eigenvalue weighted by Gasteiger charge is -2.39. The first kappa shape index (κ1) is 75.2. The van der Waals surface area contributed by atoms with Gasteiger partial charge < -0.3 is 65.3 Å². The van der Waals surface area contributed by atoms with Gasteiger partial charge in [0, 0.05) is 0 Å². The minimum atomic E-state index is -5.81. The van der Waals surface area contributed by atoms with Crippen molar-refractivity contribution in [3.8, 4) is 57.5 Å². The number of sulfone groups is 2. The molecular weight excluding hydrogens is 1390 g/mol. The molecular formula is C78H86F6N4O14S2+4. The summed E-state index contributed by atoms with van der Waals surface area (Å²) in [5.74, 6) is 3.61. The van der Waals surface area contributed by atoms with Crippen LogP contribution in [0.5, 0.6) is 57.5 Å². The van der Waals surface area contributed by atoms with Crippen molar-refractivity contribution in [1.29, 1.82) is 0 Å². The van der Waals surface area contributed by atoms with Crippen LogP contribution in [0.1, 0.15) is 33.4 Å². The van der Waals surface area contributed by atoms with Crippen LogP contribution in [-0.4, -0.2) is 188 Å². The molecule has 4 fully saturated rings. The van der Waals surface area contributed by atoms with Crippen molar-refractivity contribution in [1.82, 2.24) is 0 Å². The molecule has 12 rings (SSSR count). The Morgan fingerprint density at radius 2 is 0.596 bits per heavy atom. The first-order valence-corrected chi connectivity index (χ1v) is 37.2. The summed E-state index contributed by atoms with van der Waals surface area (Å²) in [5, 5.41) is 0. The zero-order valence-electron chi connectivity index (χ0n) is 58.7. The van der Waals surface area contributed by atoms with Gasteiger partial charge in [0.2, 0.25) is 25.1 Å². The number of halogens is 6. The fourth-order valence-electron chi connectivity index (χ4n) is 13.8. The molecule has 0 amide bonds. The molecule has 8 aromatic rings. The van der Waals surface area contributed by atoms with Gasteiger partial charge in [0.15, 0.2) is 0 Å². The summed E-state index contributed by atoms with van der Waals surface area (Å²) < 4.78 is 209. The fourth-order valence-corrected chi connectivity index (χ4v) is 16.3. The Balaban J connectivity index is 0.772. The van der Waals surface area contributed by atoms with Crippen molar-refractivity contribution in [3.63, 3.8) is 0 Å². The summed E-state index contributed by atoms with van der Waals surface area (Å²) in [6.07, 6.45) is -10.2. The predicted octanol–water partition coefficient (Wildman–Crippen LogP) is 14.4. The highest BCUT2D eigenvalue weighted by Gasteiger charge is 2.72.